The van der Waals surface area contributed by atoms with Crippen molar-refractivity contribution < 1.29 is 23.2 Å². The molecule has 0 fully saturated rings. The smallest absolute Gasteiger partial charge is 0.379 e. The van der Waals surface area contributed by atoms with Crippen molar-refractivity contribution in [3.8, 4) is 0 Å². The molecule has 0 saturated carbocycles. The Morgan fingerprint density at radius 1 is 1.15 bits per heavy atom. The van der Waals surface area contributed by atoms with Gasteiger partial charge in [-0.3, -0.25) is 9.05 Å². The summed E-state index contributed by atoms with van der Waals surface area (Å²) in [4.78, 5) is 8.93. The van der Waals surface area contributed by atoms with Crippen molar-refractivity contribution in [3.63, 3.8) is 0 Å². The van der Waals surface area contributed by atoms with Crippen LogP contribution in [-0.4, -0.2) is 31.3 Å². The monoisotopic (exact) mass is 212 g/mol. The third-order valence-electron chi connectivity index (χ3n) is 1.12. The minimum atomic E-state index is -3.82. The molecular formula is C7H17O5P. The molecule has 0 aliphatic heterocycles. The van der Waals surface area contributed by atoms with Gasteiger partial charge in [0.15, 0.2) is 0 Å². The summed E-state index contributed by atoms with van der Waals surface area (Å²) in [6, 6.07) is 0. The summed E-state index contributed by atoms with van der Waals surface area (Å²) in [7, 11) is -3.82. The predicted octanol–water partition coefficient (Wildman–Crippen LogP) is 1.57. The fraction of sp³-hybridized carbons (Fsp3) is 1.00. The van der Waals surface area contributed by atoms with E-state index in [0.717, 1.165) is 6.42 Å². The van der Waals surface area contributed by atoms with Crippen molar-refractivity contribution >= 4 is 7.82 Å². The van der Waals surface area contributed by atoms with E-state index in [-0.39, 0.29) is 13.2 Å². The van der Waals surface area contributed by atoms with Crippen LogP contribution in [0.1, 0.15) is 20.3 Å². The molecule has 0 radical (unpaired) electrons. The van der Waals surface area contributed by atoms with Gasteiger partial charge in [-0.05, 0) is 13.3 Å². The minimum absolute atomic E-state index is 0.0772. The summed E-state index contributed by atoms with van der Waals surface area (Å²) in [6.45, 7) is 4.79. The van der Waals surface area contributed by atoms with E-state index >= 15 is 0 Å². The summed E-state index contributed by atoms with van der Waals surface area (Å²) < 4.78 is 25.0. The topological polar surface area (TPSA) is 65.0 Å². The Morgan fingerprint density at radius 2 is 1.85 bits per heavy atom. The molecule has 13 heavy (non-hydrogen) atoms. The highest BCUT2D eigenvalue weighted by molar-refractivity contribution is 7.47. The third-order valence-corrected chi connectivity index (χ3v) is 2.22. The van der Waals surface area contributed by atoms with E-state index in [1.54, 1.807) is 6.92 Å². The normalized spacial score (nSPS) is 15.6. The number of ether oxygens (including phenoxy) is 1. The first-order valence-corrected chi connectivity index (χ1v) is 5.81. The zero-order valence-electron chi connectivity index (χ0n) is 8.06. The molecule has 0 rings (SSSR count). The molecule has 0 aliphatic rings. The van der Waals surface area contributed by atoms with Gasteiger partial charge in [0.25, 0.3) is 0 Å². The van der Waals surface area contributed by atoms with Crippen LogP contribution >= 0.6 is 7.82 Å². The quantitative estimate of drug-likeness (QED) is 0.488. The lowest BCUT2D eigenvalue weighted by Crippen LogP contribution is -2.04. The molecule has 1 atom stereocenters. The van der Waals surface area contributed by atoms with Gasteiger partial charge in [-0.15, -0.1) is 0 Å². The van der Waals surface area contributed by atoms with Gasteiger partial charge in [0, 0.05) is 6.61 Å². The van der Waals surface area contributed by atoms with Crippen molar-refractivity contribution in [2.75, 3.05) is 26.4 Å². The van der Waals surface area contributed by atoms with Gasteiger partial charge in [0.05, 0.1) is 19.8 Å². The fourth-order valence-corrected chi connectivity index (χ4v) is 1.36. The number of phosphoric acid groups is 1. The molecule has 0 aliphatic carbocycles. The van der Waals surface area contributed by atoms with Crippen LogP contribution in [0.5, 0.6) is 0 Å². The molecule has 6 heteroatoms. The second-order valence-electron chi connectivity index (χ2n) is 2.33. The number of rotatable bonds is 8. The average molecular weight is 212 g/mol. The predicted molar refractivity (Wildman–Crippen MR) is 48.5 cm³/mol. The molecule has 1 N–H and O–H groups in total. The zero-order chi connectivity index (χ0) is 10.2. The molecule has 0 saturated heterocycles. The van der Waals surface area contributed by atoms with Crippen molar-refractivity contribution in [2.45, 2.75) is 20.3 Å². The standard InChI is InChI=1S/C7H17O5P/c1-3-5-10-6-7-12-13(8,9)11-4-2/h3-7H2,1-2H3,(H,8,9). The van der Waals surface area contributed by atoms with Crippen molar-refractivity contribution in [3.05, 3.63) is 0 Å². The molecule has 0 spiro atoms. The van der Waals surface area contributed by atoms with E-state index in [2.05, 4.69) is 9.05 Å². The van der Waals surface area contributed by atoms with Gasteiger partial charge in [-0.1, -0.05) is 6.92 Å². The Hall–Kier alpha value is 0.0700. The molecule has 1 unspecified atom stereocenters. The number of hydrogen-bond donors (Lipinski definition) is 1. The van der Waals surface area contributed by atoms with E-state index in [4.69, 9.17) is 9.63 Å². The van der Waals surface area contributed by atoms with Gasteiger partial charge in [-0.25, -0.2) is 4.57 Å². The first kappa shape index (κ1) is 13.1. The summed E-state index contributed by atoms with van der Waals surface area (Å²) in [5, 5.41) is 0. The van der Waals surface area contributed by atoms with E-state index in [0.29, 0.717) is 13.2 Å². The lowest BCUT2D eigenvalue weighted by molar-refractivity contribution is 0.0781. The molecule has 0 bridgehead atoms. The lowest BCUT2D eigenvalue weighted by Gasteiger charge is -2.10. The average Bonchev–Trinajstić information content (AvgIpc) is 2.04. The second kappa shape index (κ2) is 7.47. The van der Waals surface area contributed by atoms with E-state index in [1.165, 1.54) is 0 Å². The second-order valence-corrected chi connectivity index (χ2v) is 3.79. The Bertz CT molecular complexity index is 161. The number of hydrogen-bond acceptors (Lipinski definition) is 4. The molecule has 0 heterocycles. The highest BCUT2D eigenvalue weighted by atomic mass is 31.2. The molecule has 0 aromatic heterocycles. The van der Waals surface area contributed by atoms with Gasteiger partial charge >= 0.3 is 7.82 Å². The van der Waals surface area contributed by atoms with Crippen molar-refractivity contribution in [2.24, 2.45) is 0 Å². The minimum Gasteiger partial charge on any atom is -0.379 e. The van der Waals surface area contributed by atoms with Crippen molar-refractivity contribution in [1.29, 1.82) is 0 Å². The maximum Gasteiger partial charge on any atom is 0.472 e. The maximum atomic E-state index is 10.9. The van der Waals surface area contributed by atoms with Crippen LogP contribution in [-0.2, 0) is 18.3 Å². The van der Waals surface area contributed by atoms with E-state index < -0.39 is 7.82 Å². The highest BCUT2D eigenvalue weighted by Gasteiger charge is 2.18. The first-order chi connectivity index (χ1) is 6.12. The van der Waals surface area contributed by atoms with E-state index in [1.807, 2.05) is 6.92 Å². The Labute approximate surface area is 78.6 Å². The largest absolute Gasteiger partial charge is 0.472 e. The Morgan fingerprint density at radius 3 is 2.38 bits per heavy atom. The SMILES string of the molecule is CCCOCCOP(=O)(O)OCC. The van der Waals surface area contributed by atoms with Gasteiger partial charge in [-0.2, -0.15) is 0 Å². The molecule has 80 valence electrons. The maximum absolute atomic E-state index is 10.9. The third kappa shape index (κ3) is 8.40. The molecule has 0 amide bonds. The van der Waals surface area contributed by atoms with Crippen LogP contribution in [0, 0.1) is 0 Å². The lowest BCUT2D eigenvalue weighted by atomic mass is 10.5. The van der Waals surface area contributed by atoms with E-state index in [9.17, 15) is 4.57 Å². The number of phosphoric ester groups is 1. The van der Waals surface area contributed by atoms with Gasteiger partial charge in [0.1, 0.15) is 0 Å². The van der Waals surface area contributed by atoms with Crippen LogP contribution in [0.3, 0.4) is 0 Å². The van der Waals surface area contributed by atoms with Crippen LogP contribution in [0.25, 0.3) is 0 Å². The summed E-state index contributed by atoms with van der Waals surface area (Å²) in [5.41, 5.74) is 0. The summed E-state index contributed by atoms with van der Waals surface area (Å²) in [5.74, 6) is 0. The summed E-state index contributed by atoms with van der Waals surface area (Å²) >= 11 is 0. The molecule has 5 nitrogen and oxygen atoms in total. The van der Waals surface area contributed by atoms with Crippen LogP contribution < -0.4 is 0 Å². The van der Waals surface area contributed by atoms with Gasteiger partial charge in [0.2, 0.25) is 0 Å². The fourth-order valence-electron chi connectivity index (χ4n) is 0.658. The van der Waals surface area contributed by atoms with Crippen LogP contribution in [0.15, 0.2) is 0 Å². The van der Waals surface area contributed by atoms with Crippen LogP contribution in [0.4, 0.5) is 0 Å². The molecule has 0 aromatic rings. The summed E-state index contributed by atoms with van der Waals surface area (Å²) in [6.07, 6.45) is 0.919. The molecular weight excluding hydrogens is 195 g/mol. The Balaban J connectivity index is 3.35. The first-order valence-electron chi connectivity index (χ1n) is 4.32. The molecule has 0 aromatic carbocycles. The Kier molecular flexibility index (Phi) is 7.51. The van der Waals surface area contributed by atoms with Crippen LogP contribution in [0.2, 0.25) is 0 Å². The zero-order valence-corrected chi connectivity index (χ0v) is 8.96. The van der Waals surface area contributed by atoms with Crippen molar-refractivity contribution in [1.82, 2.24) is 0 Å². The highest BCUT2D eigenvalue weighted by Crippen LogP contribution is 2.42. The van der Waals surface area contributed by atoms with Gasteiger partial charge < -0.3 is 9.63 Å².